The SMILES string of the molecule is CC[C@H](NC(=O)OCC1c2ccccc2-c2ccccc21)C(=O)N1CCCCC1(C)C(=O)O. The minimum atomic E-state index is -1.26. The van der Waals surface area contributed by atoms with E-state index in [1.165, 1.54) is 4.90 Å². The van der Waals surface area contributed by atoms with Crippen LogP contribution in [0.25, 0.3) is 11.1 Å². The summed E-state index contributed by atoms with van der Waals surface area (Å²) in [5.41, 5.74) is 3.25. The average molecular weight is 451 g/mol. The van der Waals surface area contributed by atoms with Crippen LogP contribution in [0.2, 0.25) is 0 Å². The van der Waals surface area contributed by atoms with Gasteiger partial charge in [0.25, 0.3) is 0 Å². The predicted molar refractivity (Wildman–Crippen MR) is 124 cm³/mol. The van der Waals surface area contributed by atoms with Crippen LogP contribution in [-0.2, 0) is 14.3 Å². The zero-order valence-electron chi connectivity index (χ0n) is 19.0. The van der Waals surface area contributed by atoms with Gasteiger partial charge in [0.05, 0.1) is 0 Å². The van der Waals surface area contributed by atoms with E-state index in [9.17, 15) is 19.5 Å². The highest BCUT2D eigenvalue weighted by Gasteiger charge is 2.45. The molecule has 2 aromatic carbocycles. The van der Waals surface area contributed by atoms with Crippen molar-refractivity contribution in [1.29, 1.82) is 0 Å². The number of fused-ring (bicyclic) bond motifs is 3. The number of rotatable bonds is 6. The highest BCUT2D eigenvalue weighted by Crippen LogP contribution is 2.44. The van der Waals surface area contributed by atoms with Gasteiger partial charge in [-0.05, 0) is 54.9 Å². The van der Waals surface area contributed by atoms with Crippen molar-refractivity contribution >= 4 is 18.0 Å². The second-order valence-electron chi connectivity index (χ2n) is 8.96. The summed E-state index contributed by atoms with van der Waals surface area (Å²) in [6.45, 7) is 3.88. The lowest BCUT2D eigenvalue weighted by Crippen LogP contribution is -2.61. The summed E-state index contributed by atoms with van der Waals surface area (Å²) in [5, 5.41) is 12.4. The van der Waals surface area contributed by atoms with E-state index in [0.29, 0.717) is 19.4 Å². The number of alkyl carbamates (subject to hydrolysis) is 1. The molecule has 1 aliphatic carbocycles. The molecule has 1 aliphatic heterocycles. The summed E-state index contributed by atoms with van der Waals surface area (Å²) in [4.78, 5) is 39.1. The van der Waals surface area contributed by atoms with Crippen LogP contribution in [-0.4, -0.2) is 52.7 Å². The predicted octanol–water partition coefficient (Wildman–Crippen LogP) is 4.16. The molecule has 0 aromatic heterocycles. The van der Waals surface area contributed by atoms with Crippen LogP contribution in [0.4, 0.5) is 4.79 Å². The Morgan fingerprint density at radius 2 is 1.70 bits per heavy atom. The molecule has 1 heterocycles. The van der Waals surface area contributed by atoms with E-state index in [0.717, 1.165) is 35.1 Å². The number of carbonyl (C=O) groups excluding carboxylic acids is 2. The zero-order valence-corrected chi connectivity index (χ0v) is 19.0. The molecule has 1 saturated heterocycles. The number of nitrogens with one attached hydrogen (secondary N) is 1. The summed E-state index contributed by atoms with van der Waals surface area (Å²) in [7, 11) is 0. The molecule has 174 valence electrons. The van der Waals surface area contributed by atoms with Crippen LogP contribution in [0.3, 0.4) is 0 Å². The summed E-state index contributed by atoms with van der Waals surface area (Å²) in [5.74, 6) is -1.47. The number of likely N-dealkylation sites (tertiary alicyclic amines) is 1. The number of hydrogen-bond acceptors (Lipinski definition) is 4. The van der Waals surface area contributed by atoms with Gasteiger partial charge in [0.2, 0.25) is 5.91 Å². The largest absolute Gasteiger partial charge is 0.480 e. The normalized spacial score (nSPS) is 20.5. The van der Waals surface area contributed by atoms with Crippen LogP contribution in [0.1, 0.15) is 56.6 Å². The lowest BCUT2D eigenvalue weighted by Gasteiger charge is -2.43. The minimum Gasteiger partial charge on any atom is -0.480 e. The highest BCUT2D eigenvalue weighted by molar-refractivity contribution is 5.91. The first-order valence-electron chi connectivity index (χ1n) is 11.5. The maximum absolute atomic E-state index is 13.2. The van der Waals surface area contributed by atoms with E-state index >= 15 is 0 Å². The fraction of sp³-hybridized carbons (Fsp3) is 0.423. The first kappa shape index (κ1) is 22.8. The Kier molecular flexibility index (Phi) is 6.40. The maximum atomic E-state index is 13.2. The van der Waals surface area contributed by atoms with Gasteiger partial charge in [-0.2, -0.15) is 0 Å². The van der Waals surface area contributed by atoms with E-state index in [2.05, 4.69) is 17.4 Å². The van der Waals surface area contributed by atoms with Crippen molar-refractivity contribution in [3.8, 4) is 11.1 Å². The molecule has 33 heavy (non-hydrogen) atoms. The Morgan fingerprint density at radius 1 is 1.09 bits per heavy atom. The molecule has 4 rings (SSSR count). The van der Waals surface area contributed by atoms with Crippen molar-refractivity contribution < 1.29 is 24.2 Å². The fourth-order valence-corrected chi connectivity index (χ4v) is 5.01. The maximum Gasteiger partial charge on any atom is 0.407 e. The van der Waals surface area contributed by atoms with Gasteiger partial charge in [0.1, 0.15) is 18.2 Å². The van der Waals surface area contributed by atoms with Gasteiger partial charge < -0.3 is 20.1 Å². The number of benzene rings is 2. The van der Waals surface area contributed by atoms with E-state index < -0.39 is 23.6 Å². The van der Waals surface area contributed by atoms with Crippen LogP contribution >= 0.6 is 0 Å². The van der Waals surface area contributed by atoms with Gasteiger partial charge in [-0.1, -0.05) is 55.5 Å². The Hall–Kier alpha value is -3.35. The molecule has 7 nitrogen and oxygen atoms in total. The number of hydrogen-bond donors (Lipinski definition) is 2. The number of aliphatic carboxylic acids is 1. The molecular formula is C26H30N2O5. The zero-order chi connectivity index (χ0) is 23.6. The van der Waals surface area contributed by atoms with E-state index in [1.54, 1.807) is 13.8 Å². The number of carboxylic acids is 1. The standard InChI is InChI=1S/C26H30N2O5/c1-3-22(23(29)28-15-9-8-14-26(28,2)24(30)31)27-25(32)33-16-21-19-12-6-4-10-17(19)18-11-5-7-13-20(18)21/h4-7,10-13,21-22H,3,8-9,14-16H2,1-2H3,(H,27,32)(H,30,31)/t22-,26?/m0/s1. The first-order chi connectivity index (χ1) is 15.9. The van der Waals surface area contributed by atoms with Gasteiger partial charge in [0.15, 0.2) is 0 Å². The van der Waals surface area contributed by atoms with Crippen LogP contribution in [0.15, 0.2) is 48.5 Å². The van der Waals surface area contributed by atoms with Crippen LogP contribution in [0.5, 0.6) is 0 Å². The summed E-state index contributed by atoms with van der Waals surface area (Å²) in [6, 6.07) is 15.3. The second-order valence-corrected chi connectivity index (χ2v) is 8.96. The fourth-order valence-electron chi connectivity index (χ4n) is 5.01. The molecule has 2 aromatic rings. The molecule has 1 fully saturated rings. The Morgan fingerprint density at radius 3 is 2.27 bits per heavy atom. The molecule has 2 amide bonds. The number of piperidine rings is 1. The average Bonchev–Trinajstić information content (AvgIpc) is 3.14. The van der Waals surface area contributed by atoms with Crippen LogP contribution in [0, 0.1) is 0 Å². The van der Waals surface area contributed by atoms with Gasteiger partial charge in [-0.25, -0.2) is 9.59 Å². The molecule has 0 radical (unpaired) electrons. The molecule has 2 atom stereocenters. The monoisotopic (exact) mass is 450 g/mol. The minimum absolute atomic E-state index is 0.0728. The van der Waals surface area contributed by atoms with Crippen LogP contribution < -0.4 is 5.32 Å². The molecule has 2 N–H and O–H groups in total. The third kappa shape index (κ3) is 4.19. The van der Waals surface area contributed by atoms with Crippen molar-refractivity contribution in [2.24, 2.45) is 0 Å². The number of amides is 2. The van der Waals surface area contributed by atoms with Crippen molar-refractivity contribution in [3.05, 3.63) is 59.7 Å². The summed E-state index contributed by atoms with van der Waals surface area (Å²) < 4.78 is 5.57. The van der Waals surface area contributed by atoms with Crippen molar-refractivity contribution in [3.63, 3.8) is 0 Å². The van der Waals surface area contributed by atoms with Gasteiger partial charge in [0, 0.05) is 12.5 Å². The van der Waals surface area contributed by atoms with E-state index in [4.69, 9.17) is 4.74 Å². The molecule has 2 aliphatic rings. The second kappa shape index (κ2) is 9.25. The third-order valence-electron chi connectivity index (χ3n) is 6.96. The number of carbonyl (C=O) groups is 3. The number of ether oxygens (including phenoxy) is 1. The molecular weight excluding hydrogens is 420 g/mol. The topological polar surface area (TPSA) is 95.9 Å². The van der Waals surface area contributed by atoms with E-state index in [1.807, 2.05) is 36.4 Å². The van der Waals surface area contributed by atoms with Crippen molar-refractivity contribution in [2.45, 2.75) is 57.0 Å². The Bertz CT molecular complexity index is 1020. The van der Waals surface area contributed by atoms with Gasteiger partial charge >= 0.3 is 12.1 Å². The quantitative estimate of drug-likeness (QED) is 0.689. The smallest absolute Gasteiger partial charge is 0.407 e. The number of carboxylic acid groups (broad SMARTS) is 1. The molecule has 0 saturated carbocycles. The Labute approximate surface area is 193 Å². The lowest BCUT2D eigenvalue weighted by molar-refractivity contribution is -0.161. The third-order valence-corrected chi connectivity index (χ3v) is 6.96. The molecule has 1 unspecified atom stereocenters. The van der Waals surface area contributed by atoms with E-state index in [-0.39, 0.29) is 18.4 Å². The summed E-state index contributed by atoms with van der Waals surface area (Å²) >= 11 is 0. The lowest BCUT2D eigenvalue weighted by atomic mass is 9.87. The molecule has 7 heteroatoms. The van der Waals surface area contributed by atoms with Crippen molar-refractivity contribution in [1.82, 2.24) is 10.2 Å². The molecule has 0 spiro atoms. The molecule has 0 bridgehead atoms. The van der Waals surface area contributed by atoms with Gasteiger partial charge in [-0.15, -0.1) is 0 Å². The van der Waals surface area contributed by atoms with Gasteiger partial charge in [-0.3, -0.25) is 4.79 Å². The first-order valence-corrected chi connectivity index (χ1v) is 11.5. The number of nitrogens with zero attached hydrogens (tertiary/aromatic N) is 1. The Balaban J connectivity index is 1.43. The summed E-state index contributed by atoms with van der Waals surface area (Å²) in [6.07, 6.45) is 1.57. The van der Waals surface area contributed by atoms with Crippen molar-refractivity contribution in [2.75, 3.05) is 13.2 Å². The highest BCUT2D eigenvalue weighted by atomic mass is 16.5.